The topological polar surface area (TPSA) is 102 Å². The molecule has 0 aliphatic heterocycles. The van der Waals surface area contributed by atoms with E-state index >= 15 is 0 Å². The molecule has 100 valence electrons. The van der Waals surface area contributed by atoms with Crippen LogP contribution in [0.2, 0.25) is 0 Å². The van der Waals surface area contributed by atoms with E-state index < -0.39 is 15.7 Å². The number of anilines is 2. The summed E-state index contributed by atoms with van der Waals surface area (Å²) in [6.07, 6.45) is 2.62. The highest BCUT2D eigenvalue weighted by Crippen LogP contribution is 2.18. The van der Waals surface area contributed by atoms with Crippen LogP contribution in [-0.2, 0) is 9.84 Å². The van der Waals surface area contributed by atoms with Crippen molar-refractivity contribution in [3.05, 3.63) is 35.3 Å². The smallest absolute Gasteiger partial charge is 0.257 e. The molecule has 0 aliphatic carbocycles. The average Bonchev–Trinajstić information content (AvgIpc) is 2.79. The van der Waals surface area contributed by atoms with Crippen molar-refractivity contribution in [1.82, 2.24) is 4.98 Å². The molecular weight excluding hydrogens is 286 g/mol. The predicted octanol–water partition coefficient (Wildman–Crippen LogP) is 1.38. The molecule has 0 spiro atoms. The number of nitrogens with two attached hydrogens (primary N) is 1. The first-order chi connectivity index (χ1) is 8.86. The molecule has 19 heavy (non-hydrogen) atoms. The van der Waals surface area contributed by atoms with E-state index in [0.29, 0.717) is 5.13 Å². The third kappa shape index (κ3) is 3.30. The van der Waals surface area contributed by atoms with Crippen molar-refractivity contribution in [3.8, 4) is 0 Å². The van der Waals surface area contributed by atoms with Gasteiger partial charge in [0, 0.05) is 29.1 Å². The number of nitrogens with one attached hydrogen (secondary N) is 1. The molecule has 2 rings (SSSR count). The number of rotatable bonds is 3. The van der Waals surface area contributed by atoms with E-state index in [1.807, 2.05) is 0 Å². The van der Waals surface area contributed by atoms with E-state index in [1.54, 1.807) is 11.6 Å². The van der Waals surface area contributed by atoms with Gasteiger partial charge in [0.2, 0.25) is 0 Å². The van der Waals surface area contributed by atoms with Gasteiger partial charge in [0.05, 0.1) is 4.90 Å². The molecule has 2 aromatic rings. The van der Waals surface area contributed by atoms with Crippen LogP contribution in [0.1, 0.15) is 10.4 Å². The molecule has 1 aromatic carbocycles. The van der Waals surface area contributed by atoms with Crippen molar-refractivity contribution in [1.29, 1.82) is 0 Å². The number of sulfone groups is 1. The lowest BCUT2D eigenvalue weighted by molar-refractivity contribution is 0.102. The highest BCUT2D eigenvalue weighted by Gasteiger charge is 2.14. The standard InChI is InChI=1S/C11H11N3O3S2/c1-19(16,17)9-5-7(4-8(12)6-9)10(15)14-11-13-2-3-18-11/h2-6H,12H2,1H3,(H,13,14,15). The van der Waals surface area contributed by atoms with E-state index in [4.69, 9.17) is 5.73 Å². The van der Waals surface area contributed by atoms with Crippen molar-refractivity contribution >= 4 is 37.9 Å². The molecule has 3 N–H and O–H groups in total. The van der Waals surface area contributed by atoms with Crippen LogP contribution in [0, 0.1) is 0 Å². The Hall–Kier alpha value is -1.93. The number of amides is 1. The highest BCUT2D eigenvalue weighted by atomic mass is 32.2. The minimum absolute atomic E-state index is 0.0109. The number of carbonyl (C=O) groups is 1. The summed E-state index contributed by atoms with van der Waals surface area (Å²) in [6.45, 7) is 0. The van der Waals surface area contributed by atoms with Crippen molar-refractivity contribution in [2.45, 2.75) is 4.90 Å². The molecule has 1 amide bonds. The fourth-order valence-corrected chi connectivity index (χ4v) is 2.64. The number of nitrogens with zero attached hydrogens (tertiary/aromatic N) is 1. The summed E-state index contributed by atoms with van der Waals surface area (Å²) in [5.74, 6) is -0.452. The molecule has 1 heterocycles. The Morgan fingerprint density at radius 3 is 2.68 bits per heavy atom. The Morgan fingerprint density at radius 1 is 1.37 bits per heavy atom. The number of aromatic nitrogens is 1. The Balaban J connectivity index is 2.35. The van der Waals surface area contributed by atoms with Gasteiger partial charge < -0.3 is 5.73 Å². The van der Waals surface area contributed by atoms with Crippen molar-refractivity contribution in [2.24, 2.45) is 0 Å². The molecule has 0 saturated carbocycles. The maximum absolute atomic E-state index is 11.9. The summed E-state index contributed by atoms with van der Waals surface area (Å²) >= 11 is 1.27. The maximum Gasteiger partial charge on any atom is 0.257 e. The van der Waals surface area contributed by atoms with Crippen LogP contribution in [0.3, 0.4) is 0 Å². The molecule has 0 atom stereocenters. The largest absolute Gasteiger partial charge is 0.399 e. The molecule has 1 aromatic heterocycles. The summed E-state index contributed by atoms with van der Waals surface area (Å²) in [6, 6.07) is 4.02. The van der Waals surface area contributed by atoms with Crippen LogP contribution in [0.15, 0.2) is 34.7 Å². The van der Waals surface area contributed by atoms with Crippen LogP contribution in [0.4, 0.5) is 10.8 Å². The van der Waals surface area contributed by atoms with Crippen LogP contribution in [-0.4, -0.2) is 25.6 Å². The van der Waals surface area contributed by atoms with Gasteiger partial charge in [-0.15, -0.1) is 11.3 Å². The second kappa shape index (κ2) is 4.98. The highest BCUT2D eigenvalue weighted by molar-refractivity contribution is 7.90. The molecule has 0 fully saturated rings. The Morgan fingerprint density at radius 2 is 2.11 bits per heavy atom. The molecule has 0 saturated heterocycles. The minimum Gasteiger partial charge on any atom is -0.399 e. The van der Waals surface area contributed by atoms with Gasteiger partial charge in [0.15, 0.2) is 15.0 Å². The lowest BCUT2D eigenvalue weighted by Gasteiger charge is -2.06. The van der Waals surface area contributed by atoms with Gasteiger partial charge in [0.25, 0.3) is 5.91 Å². The van der Waals surface area contributed by atoms with Crippen LogP contribution >= 0.6 is 11.3 Å². The predicted molar refractivity (Wildman–Crippen MR) is 74.0 cm³/mol. The number of hydrogen-bond acceptors (Lipinski definition) is 6. The molecule has 0 radical (unpaired) electrons. The molecule has 0 unspecified atom stereocenters. The quantitative estimate of drug-likeness (QED) is 0.833. The third-order valence-electron chi connectivity index (χ3n) is 2.27. The lowest BCUT2D eigenvalue weighted by atomic mass is 10.2. The van der Waals surface area contributed by atoms with Crippen molar-refractivity contribution < 1.29 is 13.2 Å². The SMILES string of the molecule is CS(=O)(=O)c1cc(N)cc(C(=O)Nc2nccs2)c1. The molecule has 6 nitrogen and oxygen atoms in total. The van der Waals surface area contributed by atoms with Crippen molar-refractivity contribution in [3.63, 3.8) is 0 Å². The third-order valence-corrected chi connectivity index (χ3v) is 4.05. The molecular formula is C11H11N3O3S2. The van der Waals surface area contributed by atoms with E-state index in [-0.39, 0.29) is 16.1 Å². The second-order valence-corrected chi connectivity index (χ2v) is 6.76. The van der Waals surface area contributed by atoms with E-state index in [9.17, 15) is 13.2 Å². The van der Waals surface area contributed by atoms with E-state index in [0.717, 1.165) is 6.26 Å². The Bertz CT molecular complexity index is 709. The van der Waals surface area contributed by atoms with Crippen molar-refractivity contribution in [2.75, 3.05) is 17.3 Å². The Kier molecular flexibility index (Phi) is 3.54. The number of carbonyl (C=O) groups excluding carboxylic acids is 1. The normalized spacial score (nSPS) is 11.2. The fourth-order valence-electron chi connectivity index (χ4n) is 1.42. The van der Waals surface area contributed by atoms with Gasteiger partial charge in [-0.25, -0.2) is 13.4 Å². The first kappa shape index (κ1) is 13.5. The number of thiazole rings is 1. The Labute approximate surface area is 114 Å². The van der Waals surface area contributed by atoms with Gasteiger partial charge >= 0.3 is 0 Å². The van der Waals surface area contributed by atoms with Gasteiger partial charge in [0.1, 0.15) is 0 Å². The summed E-state index contributed by atoms with van der Waals surface area (Å²) < 4.78 is 23.0. The molecule has 0 aliphatic rings. The van der Waals surface area contributed by atoms with Crippen LogP contribution in [0.25, 0.3) is 0 Å². The molecule has 8 heteroatoms. The maximum atomic E-state index is 11.9. The number of hydrogen-bond donors (Lipinski definition) is 2. The van der Waals surface area contributed by atoms with E-state index in [2.05, 4.69) is 10.3 Å². The average molecular weight is 297 g/mol. The van der Waals surface area contributed by atoms with E-state index in [1.165, 1.54) is 29.5 Å². The minimum atomic E-state index is -3.42. The first-order valence-corrected chi connectivity index (χ1v) is 7.95. The van der Waals surface area contributed by atoms with Crippen LogP contribution in [0.5, 0.6) is 0 Å². The van der Waals surface area contributed by atoms with Gasteiger partial charge in [-0.05, 0) is 18.2 Å². The summed E-state index contributed by atoms with van der Waals surface area (Å²) in [5, 5.41) is 4.72. The zero-order valence-corrected chi connectivity index (χ0v) is 11.6. The zero-order chi connectivity index (χ0) is 14.0. The van der Waals surface area contributed by atoms with Gasteiger partial charge in [-0.1, -0.05) is 0 Å². The zero-order valence-electron chi connectivity index (χ0n) is 9.95. The number of nitrogen functional groups attached to an aromatic ring is 1. The second-order valence-electron chi connectivity index (χ2n) is 3.85. The fraction of sp³-hybridized carbons (Fsp3) is 0.0909. The van der Waals surface area contributed by atoms with Crippen LogP contribution < -0.4 is 11.1 Å². The summed E-state index contributed by atoms with van der Waals surface area (Å²) in [7, 11) is -3.42. The number of benzene rings is 1. The summed E-state index contributed by atoms with van der Waals surface area (Å²) in [4.78, 5) is 15.9. The van der Waals surface area contributed by atoms with Gasteiger partial charge in [-0.3, -0.25) is 10.1 Å². The lowest BCUT2D eigenvalue weighted by Crippen LogP contribution is -2.13. The molecule has 0 bridgehead atoms. The van der Waals surface area contributed by atoms with Gasteiger partial charge in [-0.2, -0.15) is 0 Å². The monoisotopic (exact) mass is 297 g/mol. The first-order valence-electron chi connectivity index (χ1n) is 5.18. The summed E-state index contributed by atoms with van der Waals surface area (Å²) in [5.41, 5.74) is 6.00.